The number of rotatable bonds is 11. The molecule has 0 bridgehead atoms. The molecule has 1 atom stereocenters. The normalized spacial score (nSPS) is 11.9. The van der Waals surface area contributed by atoms with Crippen molar-refractivity contribution in [1.82, 2.24) is 10.2 Å². The molecular formula is C25H34N2O2S. The summed E-state index contributed by atoms with van der Waals surface area (Å²) >= 11 is 1.67. The van der Waals surface area contributed by atoms with E-state index in [1.807, 2.05) is 37.3 Å². The molecule has 2 rings (SSSR count). The molecule has 2 amide bonds. The van der Waals surface area contributed by atoms with Crippen molar-refractivity contribution < 1.29 is 9.59 Å². The fraction of sp³-hybridized carbons (Fsp3) is 0.440. The van der Waals surface area contributed by atoms with Gasteiger partial charge in [0, 0.05) is 30.2 Å². The molecule has 0 heterocycles. The van der Waals surface area contributed by atoms with Gasteiger partial charge in [-0.1, -0.05) is 68.8 Å². The highest BCUT2D eigenvalue weighted by molar-refractivity contribution is 7.99. The van der Waals surface area contributed by atoms with Crippen molar-refractivity contribution in [2.45, 2.75) is 58.0 Å². The van der Waals surface area contributed by atoms with E-state index in [1.165, 1.54) is 5.56 Å². The fourth-order valence-corrected chi connectivity index (χ4v) is 4.00. The van der Waals surface area contributed by atoms with Crippen molar-refractivity contribution in [2.24, 2.45) is 5.92 Å². The van der Waals surface area contributed by atoms with Gasteiger partial charge in [0.1, 0.15) is 6.04 Å². The average molecular weight is 427 g/mol. The van der Waals surface area contributed by atoms with Crippen molar-refractivity contribution in [3.63, 3.8) is 0 Å². The van der Waals surface area contributed by atoms with E-state index in [1.54, 1.807) is 16.7 Å². The third kappa shape index (κ3) is 7.86. The van der Waals surface area contributed by atoms with Gasteiger partial charge in [0.2, 0.25) is 11.8 Å². The molecule has 0 unspecified atom stereocenters. The fourth-order valence-electron chi connectivity index (χ4n) is 3.16. The molecule has 2 aromatic rings. The Kier molecular flexibility index (Phi) is 9.95. The zero-order valence-electron chi connectivity index (χ0n) is 18.6. The molecule has 0 saturated heterocycles. The van der Waals surface area contributed by atoms with Gasteiger partial charge >= 0.3 is 0 Å². The van der Waals surface area contributed by atoms with Crippen LogP contribution in [-0.2, 0) is 16.1 Å². The second-order valence-electron chi connectivity index (χ2n) is 7.98. The maximum atomic E-state index is 13.2. The van der Waals surface area contributed by atoms with Crippen molar-refractivity contribution in [3.05, 3.63) is 65.7 Å². The Hall–Kier alpha value is -2.27. The maximum absolute atomic E-state index is 13.2. The highest BCUT2D eigenvalue weighted by Crippen LogP contribution is 2.21. The molecule has 0 spiro atoms. The van der Waals surface area contributed by atoms with Gasteiger partial charge in [-0.05, 0) is 37.0 Å². The topological polar surface area (TPSA) is 49.4 Å². The second kappa shape index (κ2) is 12.4. The zero-order chi connectivity index (χ0) is 21.9. The van der Waals surface area contributed by atoms with E-state index in [4.69, 9.17) is 0 Å². The minimum atomic E-state index is -0.458. The predicted octanol–water partition coefficient (Wildman–Crippen LogP) is 5.06. The van der Waals surface area contributed by atoms with Crippen molar-refractivity contribution >= 4 is 23.6 Å². The second-order valence-corrected chi connectivity index (χ2v) is 9.15. The van der Waals surface area contributed by atoms with Crippen molar-refractivity contribution in [1.29, 1.82) is 0 Å². The van der Waals surface area contributed by atoms with Crippen molar-refractivity contribution in [3.8, 4) is 0 Å². The van der Waals surface area contributed by atoms with Gasteiger partial charge in [-0.2, -0.15) is 0 Å². The molecule has 0 aliphatic carbocycles. The number of nitrogens with zero attached hydrogens (tertiary/aromatic N) is 1. The maximum Gasteiger partial charge on any atom is 0.242 e. The third-order valence-corrected chi connectivity index (χ3v) is 5.89. The van der Waals surface area contributed by atoms with Crippen LogP contribution in [0.5, 0.6) is 0 Å². The number of thioether (sulfide) groups is 1. The van der Waals surface area contributed by atoms with Gasteiger partial charge in [0.05, 0.1) is 0 Å². The number of hydrogen-bond donors (Lipinski definition) is 1. The highest BCUT2D eigenvalue weighted by Gasteiger charge is 2.28. The molecule has 4 nitrogen and oxygen atoms in total. The summed E-state index contributed by atoms with van der Waals surface area (Å²) in [6, 6.07) is 17.8. The standard InChI is InChI=1S/C25H34N2O2S/c1-5-23(25(29)26-17-19(2)3)27(18-21-9-7-6-8-10-21)24(28)15-16-30-22-13-11-20(4)12-14-22/h6-14,19,23H,5,15-18H2,1-4H3,(H,26,29)/t23-/m0/s1. The van der Waals surface area contributed by atoms with Crippen LogP contribution in [0.25, 0.3) is 0 Å². The first-order valence-corrected chi connectivity index (χ1v) is 11.7. The molecule has 1 N–H and O–H groups in total. The summed E-state index contributed by atoms with van der Waals surface area (Å²) in [5.41, 5.74) is 2.26. The van der Waals surface area contributed by atoms with E-state index in [9.17, 15) is 9.59 Å². The van der Waals surface area contributed by atoms with Crippen LogP contribution >= 0.6 is 11.8 Å². The minimum absolute atomic E-state index is 0.0185. The molecule has 162 valence electrons. The van der Waals surface area contributed by atoms with E-state index in [-0.39, 0.29) is 11.8 Å². The molecule has 5 heteroatoms. The SMILES string of the molecule is CC[C@@H](C(=O)NCC(C)C)N(Cc1ccccc1)C(=O)CCSc1ccc(C)cc1. The van der Waals surface area contributed by atoms with E-state index >= 15 is 0 Å². The van der Waals surface area contributed by atoms with Crippen LogP contribution in [0.15, 0.2) is 59.5 Å². The van der Waals surface area contributed by atoms with Gasteiger partial charge in [-0.3, -0.25) is 9.59 Å². The Morgan fingerprint density at radius 1 is 1.03 bits per heavy atom. The molecule has 0 aliphatic rings. The van der Waals surface area contributed by atoms with E-state index in [2.05, 4.69) is 50.4 Å². The van der Waals surface area contributed by atoms with Gasteiger partial charge in [-0.15, -0.1) is 11.8 Å². The lowest BCUT2D eigenvalue weighted by Crippen LogP contribution is -2.49. The first-order chi connectivity index (χ1) is 14.4. The van der Waals surface area contributed by atoms with Crippen LogP contribution in [0.1, 0.15) is 44.7 Å². The van der Waals surface area contributed by atoms with Crippen LogP contribution in [0.2, 0.25) is 0 Å². The first kappa shape index (κ1) is 24.0. The monoisotopic (exact) mass is 426 g/mol. The molecule has 0 saturated carbocycles. The molecule has 30 heavy (non-hydrogen) atoms. The third-order valence-electron chi connectivity index (χ3n) is 4.87. The number of nitrogens with one attached hydrogen (secondary N) is 1. The summed E-state index contributed by atoms with van der Waals surface area (Å²) in [6.07, 6.45) is 0.993. The van der Waals surface area contributed by atoms with Crippen LogP contribution in [0.3, 0.4) is 0 Å². The van der Waals surface area contributed by atoms with Gasteiger partial charge in [-0.25, -0.2) is 0 Å². The Balaban J connectivity index is 2.07. The summed E-state index contributed by atoms with van der Waals surface area (Å²) in [7, 11) is 0. The van der Waals surface area contributed by atoms with Crippen LogP contribution in [0, 0.1) is 12.8 Å². The summed E-state index contributed by atoms with van der Waals surface area (Å²) in [6.45, 7) is 9.22. The van der Waals surface area contributed by atoms with Crippen LogP contribution in [-0.4, -0.2) is 35.1 Å². The lowest BCUT2D eigenvalue weighted by Gasteiger charge is -2.31. The quantitative estimate of drug-likeness (QED) is 0.511. The summed E-state index contributed by atoms with van der Waals surface area (Å²) in [5.74, 6) is 1.01. The van der Waals surface area contributed by atoms with Gasteiger partial charge < -0.3 is 10.2 Å². The summed E-state index contributed by atoms with van der Waals surface area (Å²) < 4.78 is 0. The van der Waals surface area contributed by atoms with Crippen molar-refractivity contribution in [2.75, 3.05) is 12.3 Å². The molecule has 0 aliphatic heterocycles. The Labute approximate surface area is 185 Å². The Morgan fingerprint density at radius 3 is 2.30 bits per heavy atom. The average Bonchev–Trinajstić information content (AvgIpc) is 2.74. The Morgan fingerprint density at radius 2 is 1.70 bits per heavy atom. The van der Waals surface area contributed by atoms with E-state index in [0.29, 0.717) is 37.6 Å². The molecule has 0 radical (unpaired) electrons. The number of carbonyl (C=O) groups excluding carboxylic acids is 2. The highest BCUT2D eigenvalue weighted by atomic mass is 32.2. The molecule has 0 aromatic heterocycles. The first-order valence-electron chi connectivity index (χ1n) is 10.7. The largest absolute Gasteiger partial charge is 0.354 e. The van der Waals surface area contributed by atoms with E-state index < -0.39 is 6.04 Å². The van der Waals surface area contributed by atoms with E-state index in [0.717, 1.165) is 10.5 Å². The van der Waals surface area contributed by atoms with Gasteiger partial charge in [0.15, 0.2) is 0 Å². The zero-order valence-corrected chi connectivity index (χ0v) is 19.4. The number of benzene rings is 2. The molecule has 2 aromatic carbocycles. The smallest absolute Gasteiger partial charge is 0.242 e. The minimum Gasteiger partial charge on any atom is -0.354 e. The number of aryl methyl sites for hydroxylation is 1. The lowest BCUT2D eigenvalue weighted by atomic mass is 10.1. The summed E-state index contributed by atoms with van der Waals surface area (Å²) in [5, 5.41) is 3.00. The predicted molar refractivity (Wildman–Crippen MR) is 125 cm³/mol. The lowest BCUT2D eigenvalue weighted by molar-refractivity contribution is -0.141. The van der Waals surface area contributed by atoms with Gasteiger partial charge in [0.25, 0.3) is 0 Å². The molecule has 0 fully saturated rings. The number of amides is 2. The Bertz CT molecular complexity index is 791. The number of carbonyl (C=O) groups is 2. The summed E-state index contributed by atoms with van der Waals surface area (Å²) in [4.78, 5) is 28.9. The van der Waals surface area contributed by atoms with Crippen LogP contribution < -0.4 is 5.32 Å². The van der Waals surface area contributed by atoms with Crippen LogP contribution in [0.4, 0.5) is 0 Å². The number of hydrogen-bond acceptors (Lipinski definition) is 3. The molecular weight excluding hydrogens is 392 g/mol.